The quantitative estimate of drug-likeness (QED) is 0.673. The number of likely N-dealkylation sites (tertiary alicyclic amines) is 1. The van der Waals surface area contributed by atoms with Crippen molar-refractivity contribution >= 4 is 17.5 Å². The number of carbonyl (C=O) groups excluding carboxylic acids is 2. The number of amides is 2. The second kappa shape index (κ2) is 9.12. The van der Waals surface area contributed by atoms with Crippen molar-refractivity contribution in [1.29, 1.82) is 0 Å². The smallest absolute Gasteiger partial charge is 0.251 e. The fourth-order valence-corrected chi connectivity index (χ4v) is 4.69. The summed E-state index contributed by atoms with van der Waals surface area (Å²) in [5.74, 6) is 0.628. The van der Waals surface area contributed by atoms with E-state index in [4.69, 9.17) is 4.74 Å². The van der Waals surface area contributed by atoms with Gasteiger partial charge in [0.2, 0.25) is 5.91 Å². The summed E-state index contributed by atoms with van der Waals surface area (Å²) in [5.41, 5.74) is 3.70. The van der Waals surface area contributed by atoms with Crippen LogP contribution < -0.4 is 5.32 Å². The molecule has 32 heavy (non-hydrogen) atoms. The molecule has 0 aliphatic carbocycles. The van der Waals surface area contributed by atoms with Gasteiger partial charge in [-0.3, -0.25) is 9.59 Å². The maximum atomic E-state index is 12.8. The van der Waals surface area contributed by atoms with Crippen LogP contribution in [0.3, 0.4) is 0 Å². The summed E-state index contributed by atoms with van der Waals surface area (Å²) in [4.78, 5) is 31.7. The molecule has 2 aliphatic rings. The Labute approximate surface area is 187 Å². The number of fused-ring (bicyclic) bond motifs is 1. The lowest BCUT2D eigenvalue weighted by Crippen LogP contribution is -2.37. The maximum absolute atomic E-state index is 12.8. The molecule has 2 fully saturated rings. The fourth-order valence-electron chi connectivity index (χ4n) is 4.69. The Bertz CT molecular complexity index is 1100. The Morgan fingerprint density at radius 2 is 1.88 bits per heavy atom. The zero-order valence-electron chi connectivity index (χ0n) is 18.1. The van der Waals surface area contributed by atoms with E-state index in [1.165, 1.54) is 5.56 Å². The number of aromatic nitrogens is 2. The number of hydrogen-bond donors (Lipinski definition) is 1. The van der Waals surface area contributed by atoms with Crippen molar-refractivity contribution in [2.45, 2.75) is 31.7 Å². The largest absolute Gasteiger partial charge is 0.381 e. The van der Waals surface area contributed by atoms with Crippen LogP contribution in [0.4, 0.5) is 0 Å². The summed E-state index contributed by atoms with van der Waals surface area (Å²) in [6, 6.07) is 11.8. The number of benzene rings is 1. The molecule has 2 saturated heterocycles. The van der Waals surface area contributed by atoms with Crippen LogP contribution in [0.1, 0.15) is 46.7 Å². The molecule has 1 N–H and O–H groups in total. The highest BCUT2D eigenvalue weighted by atomic mass is 16.5. The second-order valence-electron chi connectivity index (χ2n) is 8.69. The van der Waals surface area contributed by atoms with Gasteiger partial charge in [0.15, 0.2) is 0 Å². The Hall–Kier alpha value is -3.19. The monoisotopic (exact) mass is 432 g/mol. The van der Waals surface area contributed by atoms with Crippen molar-refractivity contribution in [2.24, 2.45) is 5.92 Å². The summed E-state index contributed by atoms with van der Waals surface area (Å²) >= 11 is 0. The van der Waals surface area contributed by atoms with Crippen LogP contribution in [0.15, 0.2) is 55.0 Å². The van der Waals surface area contributed by atoms with E-state index in [9.17, 15) is 9.59 Å². The van der Waals surface area contributed by atoms with Gasteiger partial charge in [-0.05, 0) is 54.7 Å². The molecule has 3 aromatic rings. The van der Waals surface area contributed by atoms with Crippen LogP contribution in [0, 0.1) is 5.92 Å². The van der Waals surface area contributed by atoms with Gasteiger partial charge in [0, 0.05) is 68.8 Å². The molecule has 1 atom stereocenters. The summed E-state index contributed by atoms with van der Waals surface area (Å²) in [7, 11) is 0. The first-order valence-corrected chi connectivity index (χ1v) is 11.3. The van der Waals surface area contributed by atoms with Crippen molar-refractivity contribution < 1.29 is 14.3 Å². The lowest BCUT2D eigenvalue weighted by Gasteiger charge is -2.26. The minimum absolute atomic E-state index is 0.0949. The molecule has 0 saturated carbocycles. The number of carbonyl (C=O) groups is 2. The molecule has 2 amide bonds. The molecule has 166 valence electrons. The van der Waals surface area contributed by atoms with E-state index >= 15 is 0 Å². The number of nitrogens with one attached hydrogen (secondary N) is 1. The van der Waals surface area contributed by atoms with Crippen molar-refractivity contribution in [2.75, 3.05) is 26.3 Å². The van der Waals surface area contributed by atoms with E-state index in [1.807, 2.05) is 58.1 Å². The maximum Gasteiger partial charge on any atom is 0.251 e. The van der Waals surface area contributed by atoms with Gasteiger partial charge in [0.05, 0.1) is 0 Å². The highest BCUT2D eigenvalue weighted by Crippen LogP contribution is 2.30. The number of ether oxygens (including phenoxy) is 1. The average Bonchev–Trinajstić information content (AvgIpc) is 3.52. The Kier molecular flexibility index (Phi) is 5.90. The standard InChI is InChI=1S/C25H28N4O3/c30-24(27-16-18-5-10-28-12-9-26-23(28)15-18)20-3-1-19(2-4-20)22-6-11-29(17-22)25(31)21-7-13-32-14-8-21/h1-5,9-10,12,15,21-22H,6-8,11,13-14,16-17H2,(H,27,30). The Morgan fingerprint density at radius 1 is 1.06 bits per heavy atom. The molecule has 1 unspecified atom stereocenters. The predicted octanol–water partition coefficient (Wildman–Crippen LogP) is 3.01. The minimum atomic E-state index is -0.0949. The highest BCUT2D eigenvalue weighted by molar-refractivity contribution is 5.94. The lowest BCUT2D eigenvalue weighted by atomic mass is 9.96. The molecule has 4 heterocycles. The molecule has 0 radical (unpaired) electrons. The molecule has 0 bridgehead atoms. The fraction of sp³-hybridized carbons (Fsp3) is 0.400. The van der Waals surface area contributed by atoms with E-state index in [2.05, 4.69) is 10.3 Å². The number of nitrogens with zero attached hydrogens (tertiary/aromatic N) is 3. The van der Waals surface area contributed by atoms with Gasteiger partial charge in [-0.25, -0.2) is 4.98 Å². The summed E-state index contributed by atoms with van der Waals surface area (Å²) < 4.78 is 7.32. The first-order valence-electron chi connectivity index (χ1n) is 11.3. The van der Waals surface area contributed by atoms with Crippen LogP contribution in [0.2, 0.25) is 0 Å². The van der Waals surface area contributed by atoms with E-state index in [-0.39, 0.29) is 17.7 Å². The van der Waals surface area contributed by atoms with Crippen LogP contribution in [-0.4, -0.2) is 52.4 Å². The van der Waals surface area contributed by atoms with Crippen LogP contribution in [-0.2, 0) is 16.1 Å². The van der Waals surface area contributed by atoms with E-state index < -0.39 is 0 Å². The van der Waals surface area contributed by atoms with E-state index in [0.29, 0.717) is 31.2 Å². The molecular formula is C25H28N4O3. The summed E-state index contributed by atoms with van der Waals surface area (Å²) in [6.45, 7) is 3.40. The van der Waals surface area contributed by atoms with E-state index in [1.54, 1.807) is 6.20 Å². The Morgan fingerprint density at radius 3 is 2.69 bits per heavy atom. The molecular weight excluding hydrogens is 404 g/mol. The third kappa shape index (κ3) is 4.39. The molecule has 0 spiro atoms. The number of hydrogen-bond acceptors (Lipinski definition) is 4. The SMILES string of the molecule is O=C(NCc1ccn2ccnc2c1)c1ccc(C2CCN(C(=O)C3CCOCC3)C2)cc1. The van der Waals surface area contributed by atoms with Crippen LogP contribution in [0.25, 0.3) is 5.65 Å². The van der Waals surface area contributed by atoms with Crippen molar-refractivity contribution in [3.63, 3.8) is 0 Å². The van der Waals surface area contributed by atoms with Gasteiger partial charge >= 0.3 is 0 Å². The van der Waals surface area contributed by atoms with Gasteiger partial charge in [0.25, 0.3) is 5.91 Å². The number of imidazole rings is 1. The summed E-state index contributed by atoms with van der Waals surface area (Å²) in [6.07, 6.45) is 8.22. The van der Waals surface area contributed by atoms with Gasteiger partial charge in [-0.1, -0.05) is 12.1 Å². The van der Waals surface area contributed by atoms with Crippen molar-refractivity contribution in [1.82, 2.24) is 19.6 Å². The molecule has 2 aromatic heterocycles. The van der Waals surface area contributed by atoms with Crippen LogP contribution in [0.5, 0.6) is 0 Å². The van der Waals surface area contributed by atoms with Gasteiger partial charge in [-0.2, -0.15) is 0 Å². The van der Waals surface area contributed by atoms with Gasteiger partial charge in [-0.15, -0.1) is 0 Å². The summed E-state index contributed by atoms with van der Waals surface area (Å²) in [5, 5.41) is 2.98. The molecule has 7 nitrogen and oxygen atoms in total. The average molecular weight is 433 g/mol. The minimum Gasteiger partial charge on any atom is -0.381 e. The zero-order valence-corrected chi connectivity index (χ0v) is 18.1. The zero-order chi connectivity index (χ0) is 21.9. The second-order valence-corrected chi connectivity index (χ2v) is 8.69. The lowest BCUT2D eigenvalue weighted by molar-refractivity contribution is -0.137. The normalized spacial score (nSPS) is 19.4. The van der Waals surface area contributed by atoms with Crippen LogP contribution >= 0.6 is 0 Å². The van der Waals surface area contributed by atoms with Gasteiger partial charge in [0.1, 0.15) is 5.65 Å². The molecule has 2 aliphatic heterocycles. The first kappa shape index (κ1) is 20.7. The topological polar surface area (TPSA) is 75.9 Å². The van der Waals surface area contributed by atoms with Crippen molar-refractivity contribution in [3.05, 3.63) is 71.7 Å². The predicted molar refractivity (Wildman–Crippen MR) is 120 cm³/mol. The Balaban J connectivity index is 1.16. The van der Waals surface area contributed by atoms with E-state index in [0.717, 1.165) is 43.6 Å². The van der Waals surface area contributed by atoms with Gasteiger partial charge < -0.3 is 19.4 Å². The molecule has 1 aromatic carbocycles. The molecule has 5 rings (SSSR count). The van der Waals surface area contributed by atoms with Crippen molar-refractivity contribution in [3.8, 4) is 0 Å². The number of pyridine rings is 1. The molecule has 7 heteroatoms. The third-order valence-corrected chi connectivity index (χ3v) is 6.63. The highest BCUT2D eigenvalue weighted by Gasteiger charge is 2.32. The first-order chi connectivity index (χ1) is 15.7. The third-order valence-electron chi connectivity index (χ3n) is 6.63. The number of rotatable bonds is 5.